The first-order valence-corrected chi connectivity index (χ1v) is 13.1. The SMILES string of the molecule is CN1CCC(NC(=O)OC(C)(C)C)CC1.O=CC1=CCC=C(Nc2nccc(-c3ccc(Cl)cc3)n2)C=C1. The lowest BCUT2D eigenvalue weighted by molar-refractivity contribution is -0.104. The van der Waals surface area contributed by atoms with Crippen LogP contribution in [0.2, 0.25) is 5.02 Å². The topological polar surface area (TPSA) is 96.5 Å². The van der Waals surface area contributed by atoms with Gasteiger partial charge < -0.3 is 20.3 Å². The molecule has 1 fully saturated rings. The first-order valence-electron chi connectivity index (χ1n) is 12.7. The summed E-state index contributed by atoms with van der Waals surface area (Å²) in [5.41, 5.74) is 2.88. The molecule has 0 bridgehead atoms. The van der Waals surface area contributed by atoms with Gasteiger partial charge in [0.05, 0.1) is 5.69 Å². The number of hydrogen-bond acceptors (Lipinski definition) is 7. The summed E-state index contributed by atoms with van der Waals surface area (Å²) in [5.74, 6) is 0.503. The number of hydrogen-bond donors (Lipinski definition) is 2. The Labute approximate surface area is 229 Å². The molecule has 0 unspecified atom stereocenters. The Balaban J connectivity index is 0.000000232. The van der Waals surface area contributed by atoms with Crippen LogP contribution in [0.4, 0.5) is 10.7 Å². The highest BCUT2D eigenvalue weighted by molar-refractivity contribution is 6.30. The normalized spacial score (nSPS) is 16.2. The molecule has 2 heterocycles. The van der Waals surface area contributed by atoms with Gasteiger partial charge in [0.1, 0.15) is 11.9 Å². The van der Waals surface area contributed by atoms with Crippen LogP contribution < -0.4 is 10.6 Å². The van der Waals surface area contributed by atoms with Crippen LogP contribution in [0, 0.1) is 0 Å². The van der Waals surface area contributed by atoms with Crippen molar-refractivity contribution < 1.29 is 14.3 Å². The number of aldehydes is 1. The molecule has 38 heavy (non-hydrogen) atoms. The number of carbonyl (C=O) groups is 2. The number of aromatic nitrogens is 2. The molecule has 0 saturated carbocycles. The standard InChI is InChI=1S/C18H14ClN3O.C11H22N2O2/c19-15-7-5-14(6-8-15)17-10-11-20-18(22-17)21-16-3-1-2-13(12-23)4-9-16;1-11(2,3)15-10(14)12-9-5-7-13(4)8-6-9/h2-12H,1H2,(H,20,21,22);9H,5-8H2,1-4H3,(H,12,14). The molecule has 1 aliphatic carbocycles. The van der Waals surface area contributed by atoms with E-state index >= 15 is 0 Å². The summed E-state index contributed by atoms with van der Waals surface area (Å²) >= 11 is 5.91. The van der Waals surface area contributed by atoms with E-state index in [1.807, 2.05) is 69.3 Å². The van der Waals surface area contributed by atoms with Crippen molar-refractivity contribution in [1.82, 2.24) is 20.2 Å². The zero-order chi connectivity index (χ0) is 27.5. The zero-order valence-corrected chi connectivity index (χ0v) is 23.2. The Morgan fingerprint density at radius 1 is 1.11 bits per heavy atom. The van der Waals surface area contributed by atoms with E-state index in [4.69, 9.17) is 16.3 Å². The number of piperidine rings is 1. The lowest BCUT2D eigenvalue weighted by Crippen LogP contribution is -2.45. The number of nitrogens with one attached hydrogen (secondary N) is 2. The van der Waals surface area contributed by atoms with Gasteiger partial charge >= 0.3 is 6.09 Å². The summed E-state index contributed by atoms with van der Waals surface area (Å²) in [6.45, 7) is 7.71. The van der Waals surface area contributed by atoms with Crippen molar-refractivity contribution in [2.45, 2.75) is 51.7 Å². The number of alkyl carbamates (subject to hydrolysis) is 1. The highest BCUT2D eigenvalue weighted by Gasteiger charge is 2.22. The van der Waals surface area contributed by atoms with Gasteiger partial charge in [-0.3, -0.25) is 4.79 Å². The number of amides is 1. The molecule has 1 aromatic heterocycles. The van der Waals surface area contributed by atoms with Gasteiger partial charge in [-0.25, -0.2) is 14.8 Å². The second kappa shape index (κ2) is 13.9. The minimum atomic E-state index is -0.407. The molecule has 1 aromatic carbocycles. The molecule has 2 N–H and O–H groups in total. The van der Waals surface area contributed by atoms with Gasteiger partial charge in [0.15, 0.2) is 0 Å². The molecule has 0 atom stereocenters. The predicted octanol–water partition coefficient (Wildman–Crippen LogP) is 5.78. The Bertz CT molecular complexity index is 1180. The molecule has 2 aromatic rings. The van der Waals surface area contributed by atoms with Crippen LogP contribution in [0.15, 0.2) is 72.1 Å². The molecular formula is C29H36ClN5O3. The molecule has 1 aliphatic heterocycles. The highest BCUT2D eigenvalue weighted by atomic mass is 35.5. The van der Waals surface area contributed by atoms with Gasteiger partial charge in [-0.05, 0) is 90.5 Å². The quantitative estimate of drug-likeness (QED) is 0.466. The van der Waals surface area contributed by atoms with Gasteiger partial charge in [0.2, 0.25) is 5.95 Å². The van der Waals surface area contributed by atoms with E-state index in [-0.39, 0.29) is 12.1 Å². The number of likely N-dealkylation sites (tertiary alicyclic amines) is 1. The molecule has 202 valence electrons. The second-order valence-electron chi connectivity index (χ2n) is 10.2. The van der Waals surface area contributed by atoms with Crippen LogP contribution in [0.3, 0.4) is 0 Å². The van der Waals surface area contributed by atoms with Crippen LogP contribution in [0.5, 0.6) is 0 Å². The number of benzene rings is 1. The van der Waals surface area contributed by atoms with Gasteiger partial charge in [-0.1, -0.05) is 35.9 Å². The molecule has 8 nitrogen and oxygen atoms in total. The van der Waals surface area contributed by atoms with Crippen LogP contribution >= 0.6 is 11.6 Å². The first-order chi connectivity index (χ1) is 18.1. The van der Waals surface area contributed by atoms with Crippen LogP contribution in [-0.4, -0.2) is 59.0 Å². The number of nitrogens with zero attached hydrogens (tertiary/aromatic N) is 3. The lowest BCUT2D eigenvalue weighted by Gasteiger charge is -2.30. The predicted molar refractivity (Wildman–Crippen MR) is 152 cm³/mol. The number of rotatable bonds is 5. The Kier molecular flexibility index (Phi) is 10.6. The molecular weight excluding hydrogens is 502 g/mol. The average molecular weight is 538 g/mol. The van der Waals surface area contributed by atoms with E-state index in [1.165, 1.54) is 0 Å². The maximum Gasteiger partial charge on any atom is 0.407 e. The zero-order valence-electron chi connectivity index (χ0n) is 22.4. The summed E-state index contributed by atoms with van der Waals surface area (Å²) in [6, 6.07) is 9.61. The van der Waals surface area contributed by atoms with Gasteiger partial charge in [-0.15, -0.1) is 0 Å². The lowest BCUT2D eigenvalue weighted by atomic mass is 10.1. The minimum Gasteiger partial charge on any atom is -0.444 e. The number of anilines is 1. The van der Waals surface area contributed by atoms with Crippen LogP contribution in [0.1, 0.15) is 40.0 Å². The van der Waals surface area contributed by atoms with Crippen LogP contribution in [0.25, 0.3) is 11.3 Å². The van der Waals surface area contributed by atoms with Gasteiger partial charge in [-0.2, -0.15) is 0 Å². The Morgan fingerprint density at radius 3 is 2.47 bits per heavy atom. The Hall–Kier alpha value is -3.49. The smallest absolute Gasteiger partial charge is 0.407 e. The molecule has 9 heteroatoms. The largest absolute Gasteiger partial charge is 0.444 e. The van der Waals surface area contributed by atoms with Crippen molar-refractivity contribution >= 4 is 29.9 Å². The molecule has 2 aliphatic rings. The van der Waals surface area contributed by atoms with Gasteiger partial charge in [0.25, 0.3) is 0 Å². The van der Waals surface area contributed by atoms with Crippen molar-refractivity contribution in [2.75, 3.05) is 25.5 Å². The maximum atomic E-state index is 11.5. The minimum absolute atomic E-state index is 0.274. The third-order valence-corrected chi connectivity index (χ3v) is 6.03. The number of allylic oxidation sites excluding steroid dienone is 5. The van der Waals surface area contributed by atoms with E-state index in [2.05, 4.69) is 32.5 Å². The van der Waals surface area contributed by atoms with E-state index in [0.29, 0.717) is 23.0 Å². The fourth-order valence-electron chi connectivity index (χ4n) is 3.78. The van der Waals surface area contributed by atoms with Crippen molar-refractivity contribution in [3.05, 3.63) is 77.1 Å². The number of ether oxygens (including phenoxy) is 1. The summed E-state index contributed by atoms with van der Waals surface area (Å²) < 4.78 is 5.20. The third kappa shape index (κ3) is 10.1. The molecule has 0 spiro atoms. The summed E-state index contributed by atoms with van der Waals surface area (Å²) in [4.78, 5) is 33.3. The average Bonchev–Trinajstić information content (AvgIpc) is 3.10. The van der Waals surface area contributed by atoms with Crippen molar-refractivity contribution in [1.29, 1.82) is 0 Å². The Morgan fingerprint density at radius 2 is 1.82 bits per heavy atom. The summed E-state index contributed by atoms with van der Waals surface area (Å²) in [5, 5.41) is 6.76. The first kappa shape index (κ1) is 29.1. The fourth-order valence-corrected chi connectivity index (χ4v) is 3.91. The van der Waals surface area contributed by atoms with Gasteiger partial charge in [0, 0.05) is 34.1 Å². The molecule has 1 saturated heterocycles. The molecule has 4 rings (SSSR count). The van der Waals surface area contributed by atoms with E-state index < -0.39 is 5.60 Å². The highest BCUT2D eigenvalue weighted by Crippen LogP contribution is 2.21. The maximum absolute atomic E-state index is 11.5. The summed E-state index contributed by atoms with van der Waals surface area (Å²) in [6.07, 6.45) is 12.4. The van der Waals surface area contributed by atoms with E-state index in [1.54, 1.807) is 12.3 Å². The second-order valence-corrected chi connectivity index (χ2v) is 10.6. The van der Waals surface area contributed by atoms with Crippen LogP contribution in [-0.2, 0) is 9.53 Å². The van der Waals surface area contributed by atoms with Crippen molar-refractivity contribution in [3.8, 4) is 11.3 Å². The van der Waals surface area contributed by atoms with Crippen molar-refractivity contribution in [3.63, 3.8) is 0 Å². The monoisotopic (exact) mass is 537 g/mol. The van der Waals surface area contributed by atoms with E-state index in [9.17, 15) is 9.59 Å². The third-order valence-electron chi connectivity index (χ3n) is 5.77. The molecule has 0 radical (unpaired) electrons. The molecule has 1 amide bonds. The van der Waals surface area contributed by atoms with Crippen molar-refractivity contribution in [2.24, 2.45) is 0 Å². The number of carbonyl (C=O) groups excluding carboxylic acids is 2. The van der Waals surface area contributed by atoms with E-state index in [0.717, 1.165) is 49.2 Å². The summed E-state index contributed by atoms with van der Waals surface area (Å²) in [7, 11) is 2.10. The number of halogens is 1. The fraction of sp³-hybridized carbons (Fsp3) is 0.379.